The van der Waals surface area contributed by atoms with Crippen molar-refractivity contribution in [3.05, 3.63) is 41.5 Å². The first kappa shape index (κ1) is 31.3. The summed E-state index contributed by atoms with van der Waals surface area (Å²) in [7, 11) is 1.83. The lowest BCUT2D eigenvalue weighted by molar-refractivity contribution is 0.197. The lowest BCUT2D eigenvalue weighted by Crippen LogP contribution is -2.01. The molecule has 0 saturated heterocycles. The van der Waals surface area contributed by atoms with Crippen molar-refractivity contribution in [1.82, 2.24) is 6.15 Å². The van der Waals surface area contributed by atoms with Gasteiger partial charge in [-0.1, -0.05) is 57.2 Å². The number of ether oxygens (including phenoxy) is 4. The number of benzene rings is 2. The molecule has 36 heavy (non-hydrogen) atoms. The SMILES string of the molecule is CCCCCCCCOP(=O)(O)Oc1cc(/C=C\c2cc(OC)c(OC)c(OC)c2)ccc1OC.N. The number of methoxy groups -OCH3 is 4. The number of phosphoric ester groups is 1. The molecule has 10 heteroatoms. The van der Waals surface area contributed by atoms with Gasteiger partial charge in [0.1, 0.15) is 0 Å². The van der Waals surface area contributed by atoms with Crippen LogP contribution in [0.25, 0.3) is 12.2 Å². The molecule has 2 aromatic rings. The largest absolute Gasteiger partial charge is 0.527 e. The smallest absolute Gasteiger partial charge is 0.493 e. The minimum absolute atomic E-state index is 0. The Balaban J connectivity index is 0.00000648. The van der Waals surface area contributed by atoms with Crippen LogP contribution in [0.1, 0.15) is 56.6 Å². The average Bonchev–Trinajstić information content (AvgIpc) is 2.86. The standard InChI is InChI=1S/C26H37O8P.H3N/c1-6-7-8-9-10-11-16-33-35(27,28)34-23-17-20(14-15-22(23)29-2)12-13-21-18-24(30-3)26(32-5)25(19-21)31-4;/h12-15,17-19H,6-11,16H2,1-5H3,(H,27,28);1H3/b13-12-;. The van der Waals surface area contributed by atoms with Crippen LogP contribution >= 0.6 is 7.82 Å². The fourth-order valence-corrected chi connectivity index (χ4v) is 4.28. The van der Waals surface area contributed by atoms with Crippen LogP contribution < -0.4 is 29.6 Å². The third kappa shape index (κ3) is 9.74. The number of rotatable bonds is 16. The highest BCUT2D eigenvalue weighted by molar-refractivity contribution is 7.47. The Morgan fingerprint density at radius 1 is 0.750 bits per heavy atom. The maximum absolute atomic E-state index is 12.5. The summed E-state index contributed by atoms with van der Waals surface area (Å²) >= 11 is 0. The number of unbranched alkanes of at least 4 members (excludes halogenated alkanes) is 5. The summed E-state index contributed by atoms with van der Waals surface area (Å²) in [6.45, 7) is 2.32. The van der Waals surface area contributed by atoms with E-state index in [-0.39, 0.29) is 18.5 Å². The molecule has 0 spiro atoms. The van der Waals surface area contributed by atoms with Crippen molar-refractivity contribution in [3.63, 3.8) is 0 Å². The first-order valence-corrected chi connectivity index (χ1v) is 13.2. The molecule has 202 valence electrons. The Morgan fingerprint density at radius 3 is 1.89 bits per heavy atom. The quantitative estimate of drug-likeness (QED) is 0.136. The minimum Gasteiger partial charge on any atom is -0.493 e. The van der Waals surface area contributed by atoms with Crippen LogP contribution in [0.4, 0.5) is 0 Å². The van der Waals surface area contributed by atoms with Gasteiger partial charge in [-0.2, -0.15) is 0 Å². The van der Waals surface area contributed by atoms with Crippen molar-refractivity contribution < 1.29 is 37.5 Å². The van der Waals surface area contributed by atoms with Gasteiger partial charge in [-0.05, 0) is 41.8 Å². The Bertz CT molecular complexity index is 986. The molecular formula is C26H40NO8P. The van der Waals surface area contributed by atoms with Crippen LogP contribution in [0.15, 0.2) is 30.3 Å². The van der Waals surface area contributed by atoms with Crippen molar-refractivity contribution in [3.8, 4) is 28.7 Å². The molecule has 9 nitrogen and oxygen atoms in total. The molecule has 0 aliphatic rings. The highest BCUT2D eigenvalue weighted by Gasteiger charge is 2.24. The maximum atomic E-state index is 12.5. The van der Waals surface area contributed by atoms with E-state index in [1.54, 1.807) is 39.5 Å². The second kappa shape index (κ2) is 16.1. The molecule has 0 fully saturated rings. The zero-order chi connectivity index (χ0) is 25.7. The Morgan fingerprint density at radius 2 is 1.31 bits per heavy atom. The number of hydrogen-bond acceptors (Lipinski definition) is 8. The summed E-state index contributed by atoms with van der Waals surface area (Å²) in [5, 5.41) is 0. The molecule has 4 N–H and O–H groups in total. The van der Waals surface area contributed by atoms with E-state index >= 15 is 0 Å². The molecule has 0 aliphatic carbocycles. The van der Waals surface area contributed by atoms with Gasteiger partial charge < -0.3 is 29.6 Å². The second-order valence-corrected chi connectivity index (χ2v) is 9.24. The van der Waals surface area contributed by atoms with E-state index in [0.29, 0.717) is 29.4 Å². The molecule has 0 aromatic heterocycles. The lowest BCUT2D eigenvalue weighted by atomic mass is 10.1. The molecule has 1 unspecified atom stereocenters. The van der Waals surface area contributed by atoms with E-state index in [9.17, 15) is 9.46 Å². The summed E-state index contributed by atoms with van der Waals surface area (Å²) < 4.78 is 44.4. The normalized spacial score (nSPS) is 12.5. The van der Waals surface area contributed by atoms with E-state index in [4.69, 9.17) is 28.0 Å². The van der Waals surface area contributed by atoms with Gasteiger partial charge in [0.15, 0.2) is 23.0 Å². The van der Waals surface area contributed by atoms with Crippen molar-refractivity contribution in [2.45, 2.75) is 45.4 Å². The molecule has 2 aromatic carbocycles. The van der Waals surface area contributed by atoms with Crippen molar-refractivity contribution >= 4 is 20.0 Å². The summed E-state index contributed by atoms with van der Waals surface area (Å²) in [5.74, 6) is 2.02. The third-order valence-corrected chi connectivity index (χ3v) is 6.25. The van der Waals surface area contributed by atoms with Crippen LogP contribution in [0.5, 0.6) is 28.7 Å². The topological polar surface area (TPSA) is 128 Å². The molecule has 0 aliphatic heterocycles. The Kier molecular flexibility index (Phi) is 14.0. The van der Waals surface area contributed by atoms with Crippen LogP contribution in [-0.2, 0) is 9.09 Å². The minimum atomic E-state index is -4.29. The lowest BCUT2D eigenvalue weighted by Gasteiger charge is -2.16. The fourth-order valence-electron chi connectivity index (χ4n) is 3.47. The van der Waals surface area contributed by atoms with Crippen LogP contribution in [0.3, 0.4) is 0 Å². The number of hydrogen-bond donors (Lipinski definition) is 2. The van der Waals surface area contributed by atoms with Gasteiger partial charge in [0, 0.05) is 0 Å². The molecular weight excluding hydrogens is 485 g/mol. The van der Waals surface area contributed by atoms with Crippen molar-refractivity contribution in [2.24, 2.45) is 0 Å². The van der Waals surface area contributed by atoms with Gasteiger partial charge in [-0.15, -0.1) is 0 Å². The highest BCUT2D eigenvalue weighted by atomic mass is 31.2. The van der Waals surface area contributed by atoms with Gasteiger partial charge in [0.2, 0.25) is 5.75 Å². The van der Waals surface area contributed by atoms with E-state index in [1.807, 2.05) is 24.3 Å². The maximum Gasteiger partial charge on any atom is 0.527 e. The summed E-state index contributed by atoms with van der Waals surface area (Å²) in [6.07, 6.45) is 9.95. The molecule has 0 amide bonds. The predicted molar refractivity (Wildman–Crippen MR) is 143 cm³/mol. The van der Waals surface area contributed by atoms with E-state index in [2.05, 4.69) is 6.92 Å². The van der Waals surface area contributed by atoms with Gasteiger partial charge >= 0.3 is 7.82 Å². The third-order valence-electron chi connectivity index (χ3n) is 5.31. The first-order valence-electron chi connectivity index (χ1n) is 11.7. The predicted octanol–water partition coefficient (Wildman–Crippen LogP) is 6.91. The second-order valence-electron chi connectivity index (χ2n) is 7.86. The van der Waals surface area contributed by atoms with Crippen LogP contribution in [0.2, 0.25) is 0 Å². The monoisotopic (exact) mass is 525 g/mol. The van der Waals surface area contributed by atoms with Gasteiger partial charge in [0.25, 0.3) is 0 Å². The molecule has 2 rings (SSSR count). The Hall–Kier alpha value is -2.71. The van der Waals surface area contributed by atoms with E-state index in [0.717, 1.165) is 30.4 Å². The molecule has 0 saturated carbocycles. The molecule has 0 bridgehead atoms. The van der Waals surface area contributed by atoms with Crippen molar-refractivity contribution in [2.75, 3.05) is 35.0 Å². The van der Waals surface area contributed by atoms with Crippen molar-refractivity contribution in [1.29, 1.82) is 0 Å². The highest BCUT2D eigenvalue weighted by Crippen LogP contribution is 2.47. The zero-order valence-corrected chi connectivity index (χ0v) is 22.8. The molecule has 0 radical (unpaired) electrons. The summed E-state index contributed by atoms with van der Waals surface area (Å²) in [6, 6.07) is 8.72. The van der Waals surface area contributed by atoms with Crippen LogP contribution in [-0.4, -0.2) is 39.9 Å². The van der Waals surface area contributed by atoms with Crippen LogP contribution in [0, 0.1) is 0 Å². The average molecular weight is 526 g/mol. The summed E-state index contributed by atoms with van der Waals surface area (Å²) in [5.41, 5.74) is 1.54. The Labute approximate surface area is 214 Å². The number of phosphoric acid groups is 1. The molecule has 0 heterocycles. The zero-order valence-electron chi connectivity index (χ0n) is 22.0. The van der Waals surface area contributed by atoms with Gasteiger partial charge in [-0.25, -0.2) is 4.57 Å². The van der Waals surface area contributed by atoms with E-state index in [1.165, 1.54) is 20.0 Å². The molecule has 1 atom stereocenters. The van der Waals surface area contributed by atoms with E-state index < -0.39 is 7.82 Å². The fraction of sp³-hybridized carbons (Fsp3) is 0.462. The van der Waals surface area contributed by atoms with Gasteiger partial charge in [-0.3, -0.25) is 9.42 Å². The first-order chi connectivity index (χ1) is 16.9. The van der Waals surface area contributed by atoms with Gasteiger partial charge in [0.05, 0.1) is 35.0 Å². The summed E-state index contributed by atoms with van der Waals surface area (Å²) in [4.78, 5) is 10.2.